The number of amides is 1. The van der Waals surface area contributed by atoms with Crippen LogP contribution >= 0.6 is 0 Å². The second kappa shape index (κ2) is 5.50. The predicted octanol–water partition coefficient (Wildman–Crippen LogP) is 2.38. The Bertz CT molecular complexity index is 704. The number of carbonyl (C=O) groups excluding carboxylic acids is 1. The Kier molecular flexibility index (Phi) is 3.66. The Morgan fingerprint density at radius 3 is 2.91 bits per heavy atom. The molecule has 1 aromatic heterocycles. The monoisotopic (exact) mass is 300 g/mol. The maximum atomic E-state index is 11.0. The number of primary amides is 1. The third-order valence-corrected chi connectivity index (χ3v) is 3.73. The number of carbonyl (C=O) groups is 1. The molecule has 3 N–H and O–H groups in total. The van der Waals surface area contributed by atoms with Gasteiger partial charge in [0.1, 0.15) is 23.4 Å². The number of rotatable bonds is 5. The van der Waals surface area contributed by atoms with Crippen LogP contribution < -0.4 is 15.8 Å². The summed E-state index contributed by atoms with van der Waals surface area (Å²) in [4.78, 5) is 11.0. The predicted molar refractivity (Wildman–Crippen MR) is 82.6 cm³/mol. The van der Waals surface area contributed by atoms with Gasteiger partial charge in [0.15, 0.2) is 0 Å². The van der Waals surface area contributed by atoms with Crippen LogP contribution in [0.15, 0.2) is 34.9 Å². The SMILES string of the molecule is CC1(C)Cc2cccc(CNCc3cc(C(N)=O)co3)c2O1. The van der Waals surface area contributed by atoms with Crippen molar-refractivity contribution in [2.24, 2.45) is 5.73 Å². The molecular formula is C17H20N2O3. The first kappa shape index (κ1) is 14.7. The number of para-hydroxylation sites is 1. The Morgan fingerprint density at radius 1 is 1.36 bits per heavy atom. The number of ether oxygens (including phenoxy) is 1. The van der Waals surface area contributed by atoms with Crippen molar-refractivity contribution in [2.45, 2.75) is 39.0 Å². The minimum absolute atomic E-state index is 0.143. The standard InChI is InChI=1S/C17H20N2O3/c1-17(2)7-11-4-3-5-12(15(11)22-17)8-19-9-14-6-13(10-21-14)16(18)20/h3-6,10,19H,7-9H2,1-2H3,(H2,18,20). The van der Waals surface area contributed by atoms with Crippen LogP contribution in [0.1, 0.15) is 41.1 Å². The Balaban J connectivity index is 1.63. The summed E-state index contributed by atoms with van der Waals surface area (Å²) in [5.74, 6) is 1.19. The van der Waals surface area contributed by atoms with Gasteiger partial charge in [0.25, 0.3) is 5.91 Å². The van der Waals surface area contributed by atoms with E-state index >= 15 is 0 Å². The molecule has 116 valence electrons. The molecule has 0 fully saturated rings. The second-order valence-electron chi connectivity index (χ2n) is 6.21. The van der Waals surface area contributed by atoms with Crippen molar-refractivity contribution >= 4 is 5.91 Å². The molecule has 1 aliphatic rings. The van der Waals surface area contributed by atoms with E-state index in [0.717, 1.165) is 17.7 Å². The van der Waals surface area contributed by atoms with Crippen molar-refractivity contribution < 1.29 is 13.9 Å². The Labute approximate surface area is 129 Å². The van der Waals surface area contributed by atoms with Crippen LogP contribution in [-0.4, -0.2) is 11.5 Å². The number of hydrogen-bond donors (Lipinski definition) is 2. The number of benzene rings is 1. The molecule has 0 unspecified atom stereocenters. The van der Waals surface area contributed by atoms with Crippen molar-refractivity contribution in [2.75, 3.05) is 0 Å². The van der Waals surface area contributed by atoms with E-state index in [1.165, 1.54) is 11.8 Å². The van der Waals surface area contributed by atoms with E-state index in [0.29, 0.717) is 24.4 Å². The first-order valence-corrected chi connectivity index (χ1v) is 7.32. The third kappa shape index (κ3) is 2.99. The van der Waals surface area contributed by atoms with E-state index in [9.17, 15) is 4.79 Å². The topological polar surface area (TPSA) is 77.5 Å². The zero-order chi connectivity index (χ0) is 15.7. The second-order valence-corrected chi connectivity index (χ2v) is 6.21. The fraction of sp³-hybridized carbons (Fsp3) is 0.353. The summed E-state index contributed by atoms with van der Waals surface area (Å²) in [5.41, 5.74) is 7.82. The number of hydrogen-bond acceptors (Lipinski definition) is 4. The maximum Gasteiger partial charge on any atom is 0.251 e. The molecule has 0 saturated heterocycles. The first-order chi connectivity index (χ1) is 10.4. The Morgan fingerprint density at radius 2 is 2.18 bits per heavy atom. The maximum absolute atomic E-state index is 11.0. The van der Waals surface area contributed by atoms with Gasteiger partial charge in [-0.05, 0) is 25.5 Å². The summed E-state index contributed by atoms with van der Waals surface area (Å²) in [5, 5.41) is 3.30. The number of furan rings is 1. The minimum Gasteiger partial charge on any atom is -0.487 e. The smallest absolute Gasteiger partial charge is 0.251 e. The van der Waals surface area contributed by atoms with E-state index < -0.39 is 5.91 Å². The summed E-state index contributed by atoms with van der Waals surface area (Å²) in [6.07, 6.45) is 2.31. The van der Waals surface area contributed by atoms with Crippen LogP contribution in [0.3, 0.4) is 0 Å². The highest BCUT2D eigenvalue weighted by atomic mass is 16.5. The van der Waals surface area contributed by atoms with Gasteiger partial charge < -0.3 is 20.2 Å². The van der Waals surface area contributed by atoms with Crippen molar-refractivity contribution in [3.05, 3.63) is 53.0 Å². The molecule has 0 spiro atoms. The van der Waals surface area contributed by atoms with Gasteiger partial charge in [0, 0.05) is 18.5 Å². The largest absolute Gasteiger partial charge is 0.487 e. The molecule has 0 radical (unpaired) electrons. The number of nitrogens with one attached hydrogen (secondary N) is 1. The molecule has 2 heterocycles. The lowest BCUT2D eigenvalue weighted by Crippen LogP contribution is -2.25. The van der Waals surface area contributed by atoms with Crippen molar-refractivity contribution in [3.8, 4) is 5.75 Å². The molecule has 0 aliphatic carbocycles. The van der Waals surface area contributed by atoms with Crippen molar-refractivity contribution in [3.63, 3.8) is 0 Å². The van der Waals surface area contributed by atoms with Crippen molar-refractivity contribution in [1.29, 1.82) is 0 Å². The van der Waals surface area contributed by atoms with Crippen LogP contribution in [0.4, 0.5) is 0 Å². The molecule has 1 aromatic carbocycles. The average molecular weight is 300 g/mol. The zero-order valence-corrected chi connectivity index (χ0v) is 12.8. The fourth-order valence-corrected chi connectivity index (χ4v) is 2.74. The van der Waals surface area contributed by atoms with Crippen LogP contribution in [0.25, 0.3) is 0 Å². The fourth-order valence-electron chi connectivity index (χ4n) is 2.74. The van der Waals surface area contributed by atoms with Crippen LogP contribution in [0, 0.1) is 0 Å². The van der Waals surface area contributed by atoms with Gasteiger partial charge in [0.2, 0.25) is 0 Å². The molecule has 5 nitrogen and oxygen atoms in total. The molecule has 22 heavy (non-hydrogen) atoms. The molecule has 5 heteroatoms. The van der Waals surface area contributed by atoms with Crippen LogP contribution in [0.5, 0.6) is 5.75 Å². The lowest BCUT2D eigenvalue weighted by Gasteiger charge is -2.18. The van der Waals surface area contributed by atoms with Gasteiger partial charge in [0.05, 0.1) is 12.1 Å². The molecule has 3 rings (SSSR count). The highest BCUT2D eigenvalue weighted by Gasteiger charge is 2.31. The molecule has 0 bridgehead atoms. The summed E-state index contributed by atoms with van der Waals surface area (Å²) in [7, 11) is 0. The van der Waals surface area contributed by atoms with Gasteiger partial charge in [-0.15, -0.1) is 0 Å². The van der Waals surface area contributed by atoms with Gasteiger partial charge >= 0.3 is 0 Å². The first-order valence-electron chi connectivity index (χ1n) is 7.32. The number of nitrogens with two attached hydrogens (primary N) is 1. The molecule has 0 atom stereocenters. The van der Waals surface area contributed by atoms with Crippen LogP contribution in [-0.2, 0) is 19.5 Å². The molecule has 1 amide bonds. The van der Waals surface area contributed by atoms with Gasteiger partial charge in [-0.2, -0.15) is 0 Å². The normalized spacial score (nSPS) is 15.4. The lowest BCUT2D eigenvalue weighted by molar-refractivity contribution is 0.0999. The Hall–Kier alpha value is -2.27. The minimum atomic E-state index is -0.480. The average Bonchev–Trinajstić information content (AvgIpc) is 3.02. The lowest BCUT2D eigenvalue weighted by atomic mass is 10.0. The van der Waals surface area contributed by atoms with Gasteiger partial charge in [-0.25, -0.2) is 0 Å². The van der Waals surface area contributed by atoms with Crippen LogP contribution in [0.2, 0.25) is 0 Å². The summed E-state index contributed by atoms with van der Waals surface area (Å²) < 4.78 is 11.3. The quantitative estimate of drug-likeness (QED) is 0.888. The van der Waals surface area contributed by atoms with Gasteiger partial charge in [-0.3, -0.25) is 4.79 Å². The summed E-state index contributed by atoms with van der Waals surface area (Å²) in [6.45, 7) is 5.39. The molecule has 2 aromatic rings. The third-order valence-electron chi connectivity index (χ3n) is 3.73. The summed E-state index contributed by atoms with van der Waals surface area (Å²) >= 11 is 0. The highest BCUT2D eigenvalue weighted by molar-refractivity contribution is 5.92. The zero-order valence-electron chi connectivity index (χ0n) is 12.8. The van der Waals surface area contributed by atoms with E-state index in [1.807, 2.05) is 0 Å². The molecule has 0 saturated carbocycles. The van der Waals surface area contributed by atoms with E-state index in [-0.39, 0.29) is 5.60 Å². The van der Waals surface area contributed by atoms with E-state index in [1.54, 1.807) is 6.07 Å². The molecule has 1 aliphatic heterocycles. The summed E-state index contributed by atoms with van der Waals surface area (Å²) in [6, 6.07) is 7.88. The van der Waals surface area contributed by atoms with Crippen molar-refractivity contribution in [1.82, 2.24) is 5.32 Å². The van der Waals surface area contributed by atoms with E-state index in [4.69, 9.17) is 14.9 Å². The highest BCUT2D eigenvalue weighted by Crippen LogP contribution is 2.37. The van der Waals surface area contributed by atoms with E-state index in [2.05, 4.69) is 37.4 Å². The number of fused-ring (bicyclic) bond motifs is 1. The van der Waals surface area contributed by atoms with Gasteiger partial charge in [-0.1, -0.05) is 18.2 Å². The molecular weight excluding hydrogens is 280 g/mol.